The van der Waals surface area contributed by atoms with Crippen LogP contribution in [0.2, 0.25) is 0 Å². The van der Waals surface area contributed by atoms with Crippen LogP contribution in [0.1, 0.15) is 16.1 Å². The number of aromatic hydroxyl groups is 1. The molecule has 8 heteroatoms. The van der Waals surface area contributed by atoms with Crippen LogP contribution in [0.3, 0.4) is 0 Å². The van der Waals surface area contributed by atoms with E-state index in [1.54, 1.807) is 6.07 Å². The number of carbonyl (C=O) groups excluding carboxylic acids is 1. The van der Waals surface area contributed by atoms with Gasteiger partial charge in [0.2, 0.25) is 11.5 Å². The van der Waals surface area contributed by atoms with Gasteiger partial charge in [-0.25, -0.2) is 0 Å². The van der Waals surface area contributed by atoms with Crippen LogP contribution in [-0.2, 0) is 0 Å². The summed E-state index contributed by atoms with van der Waals surface area (Å²) in [6.45, 7) is 0. The van der Waals surface area contributed by atoms with Crippen LogP contribution in [0.15, 0.2) is 40.5 Å². The van der Waals surface area contributed by atoms with Gasteiger partial charge in [-0.15, -0.1) is 0 Å². The van der Waals surface area contributed by atoms with Crippen molar-refractivity contribution in [3.8, 4) is 17.6 Å². The fourth-order valence-corrected chi connectivity index (χ4v) is 1.85. The summed E-state index contributed by atoms with van der Waals surface area (Å²) in [5.74, 6) is -1.47. The number of Topliss-reactive ketones (excluding diaryl/α,β-unsaturated/α-hetero) is 1. The summed E-state index contributed by atoms with van der Waals surface area (Å²) in [6.07, 6.45) is 2.44. The lowest BCUT2D eigenvalue weighted by Crippen LogP contribution is -2.00. The molecule has 0 aliphatic rings. The molecule has 1 aromatic carbocycles. The van der Waals surface area contributed by atoms with Crippen molar-refractivity contribution in [1.82, 2.24) is 0 Å². The molecule has 0 saturated carbocycles. The Kier molecular flexibility index (Phi) is 4.42. The van der Waals surface area contributed by atoms with Gasteiger partial charge < -0.3 is 14.3 Å². The molecule has 0 amide bonds. The van der Waals surface area contributed by atoms with E-state index in [1.807, 2.05) is 0 Å². The summed E-state index contributed by atoms with van der Waals surface area (Å²) in [5, 5.41) is 29.8. The number of nitriles is 1. The third kappa shape index (κ3) is 3.19. The number of nitro groups is 1. The van der Waals surface area contributed by atoms with Crippen LogP contribution in [0.4, 0.5) is 5.69 Å². The number of nitrogens with zero attached hydrogens (tertiary/aromatic N) is 2. The van der Waals surface area contributed by atoms with Crippen molar-refractivity contribution in [3.63, 3.8) is 0 Å². The zero-order valence-corrected chi connectivity index (χ0v) is 11.8. The Morgan fingerprint density at radius 1 is 1.52 bits per heavy atom. The Hall–Kier alpha value is -3.60. The third-order valence-corrected chi connectivity index (χ3v) is 2.91. The molecule has 1 aromatic heterocycles. The maximum absolute atomic E-state index is 12.1. The van der Waals surface area contributed by atoms with Crippen molar-refractivity contribution >= 4 is 17.5 Å². The molecule has 0 unspecified atom stereocenters. The third-order valence-electron chi connectivity index (χ3n) is 2.91. The van der Waals surface area contributed by atoms with Gasteiger partial charge in [-0.3, -0.25) is 14.9 Å². The molecular weight excluding hydrogens is 304 g/mol. The van der Waals surface area contributed by atoms with E-state index in [0.717, 1.165) is 12.1 Å². The summed E-state index contributed by atoms with van der Waals surface area (Å²) < 4.78 is 9.78. The normalized spacial score (nSPS) is 10.9. The first-order valence-corrected chi connectivity index (χ1v) is 6.23. The molecule has 0 aliphatic heterocycles. The van der Waals surface area contributed by atoms with E-state index < -0.39 is 22.1 Å². The number of nitro benzene ring substituents is 1. The second-order valence-electron chi connectivity index (χ2n) is 4.32. The zero-order valence-electron chi connectivity index (χ0n) is 11.8. The molecule has 0 atom stereocenters. The van der Waals surface area contributed by atoms with Gasteiger partial charge in [0.15, 0.2) is 11.5 Å². The Balaban J connectivity index is 2.52. The molecule has 0 radical (unpaired) electrons. The summed E-state index contributed by atoms with van der Waals surface area (Å²) in [4.78, 5) is 22.2. The minimum atomic E-state index is -0.796. The van der Waals surface area contributed by atoms with Crippen LogP contribution in [-0.4, -0.2) is 22.9 Å². The lowest BCUT2D eigenvalue weighted by Gasteiger charge is -2.05. The van der Waals surface area contributed by atoms with E-state index in [4.69, 9.17) is 14.4 Å². The molecule has 0 saturated heterocycles. The average molecular weight is 314 g/mol. The number of hydrogen-bond acceptors (Lipinski definition) is 7. The highest BCUT2D eigenvalue weighted by Gasteiger charge is 2.21. The van der Waals surface area contributed by atoms with Crippen LogP contribution in [0, 0.1) is 21.4 Å². The van der Waals surface area contributed by atoms with Crippen molar-refractivity contribution < 1.29 is 24.0 Å². The Bertz CT molecular complexity index is 830. The van der Waals surface area contributed by atoms with Gasteiger partial charge in [0.1, 0.15) is 11.6 Å². The molecule has 2 rings (SSSR count). The van der Waals surface area contributed by atoms with Gasteiger partial charge in [-0.05, 0) is 29.8 Å². The van der Waals surface area contributed by atoms with Crippen molar-refractivity contribution in [2.45, 2.75) is 0 Å². The van der Waals surface area contributed by atoms with Crippen LogP contribution in [0.5, 0.6) is 11.5 Å². The average Bonchev–Trinajstić information content (AvgIpc) is 3.07. The number of phenolic OH excluding ortho intramolecular Hbond substituents is 1. The van der Waals surface area contributed by atoms with Crippen molar-refractivity contribution in [2.75, 3.05) is 7.11 Å². The highest BCUT2D eigenvalue weighted by atomic mass is 16.6. The number of hydrogen-bond donors (Lipinski definition) is 1. The highest BCUT2D eigenvalue weighted by Crippen LogP contribution is 2.37. The topological polar surface area (TPSA) is 127 Å². The summed E-state index contributed by atoms with van der Waals surface area (Å²) in [5.41, 5.74) is -0.719. The molecule has 1 N–H and O–H groups in total. The van der Waals surface area contributed by atoms with E-state index in [1.165, 1.54) is 31.6 Å². The standard InChI is InChI=1S/C15H10N2O6/c1-22-13-7-9(6-11(15(13)19)17(20)21)5-10(8-16)14(18)12-3-2-4-23-12/h2-7,19H,1H3/b10-5+. The largest absolute Gasteiger partial charge is 0.500 e. The molecule has 0 fully saturated rings. The van der Waals surface area contributed by atoms with Gasteiger partial charge in [-0.1, -0.05) is 0 Å². The summed E-state index contributed by atoms with van der Waals surface area (Å²) in [7, 11) is 1.23. The first kappa shape index (κ1) is 15.8. The van der Waals surface area contributed by atoms with E-state index in [-0.39, 0.29) is 22.6 Å². The first-order valence-electron chi connectivity index (χ1n) is 6.23. The molecule has 116 valence electrons. The Morgan fingerprint density at radius 2 is 2.26 bits per heavy atom. The highest BCUT2D eigenvalue weighted by molar-refractivity contribution is 6.12. The smallest absolute Gasteiger partial charge is 0.315 e. The number of carbonyl (C=O) groups is 1. The molecule has 0 aliphatic carbocycles. The number of allylic oxidation sites excluding steroid dienone is 1. The number of methoxy groups -OCH3 is 1. The summed E-state index contributed by atoms with van der Waals surface area (Å²) >= 11 is 0. The number of ketones is 1. The van der Waals surface area contributed by atoms with Gasteiger partial charge in [0.25, 0.3) is 0 Å². The molecule has 23 heavy (non-hydrogen) atoms. The molecular formula is C15H10N2O6. The fraction of sp³-hybridized carbons (Fsp3) is 0.0667. The van der Waals surface area contributed by atoms with Gasteiger partial charge in [-0.2, -0.15) is 5.26 Å². The Labute approximate surface area is 130 Å². The number of furan rings is 1. The van der Waals surface area contributed by atoms with Gasteiger partial charge >= 0.3 is 5.69 Å². The van der Waals surface area contributed by atoms with Crippen molar-refractivity contribution in [3.05, 3.63) is 57.5 Å². The second kappa shape index (κ2) is 6.44. The monoisotopic (exact) mass is 314 g/mol. The maximum atomic E-state index is 12.1. The van der Waals surface area contributed by atoms with E-state index >= 15 is 0 Å². The second-order valence-corrected chi connectivity index (χ2v) is 4.32. The fourth-order valence-electron chi connectivity index (χ4n) is 1.85. The molecule has 0 spiro atoms. The number of phenols is 1. The van der Waals surface area contributed by atoms with Gasteiger partial charge in [0, 0.05) is 6.07 Å². The quantitative estimate of drug-likeness (QED) is 0.295. The van der Waals surface area contributed by atoms with Gasteiger partial charge in [0.05, 0.1) is 18.3 Å². The number of rotatable bonds is 5. The lowest BCUT2D eigenvalue weighted by atomic mass is 10.1. The zero-order chi connectivity index (χ0) is 17.0. The predicted molar refractivity (Wildman–Crippen MR) is 77.9 cm³/mol. The predicted octanol–water partition coefficient (Wildman–Crippen LogP) is 2.69. The van der Waals surface area contributed by atoms with Crippen LogP contribution < -0.4 is 4.74 Å². The SMILES string of the molecule is COc1cc(/C=C(\C#N)C(=O)c2ccco2)cc([N+](=O)[O-])c1O. The number of ether oxygens (including phenoxy) is 1. The van der Waals surface area contributed by atoms with E-state index in [9.17, 15) is 20.0 Å². The van der Waals surface area contributed by atoms with Crippen LogP contribution >= 0.6 is 0 Å². The molecule has 2 aromatic rings. The van der Waals surface area contributed by atoms with Crippen molar-refractivity contribution in [2.24, 2.45) is 0 Å². The summed E-state index contributed by atoms with van der Waals surface area (Å²) in [6, 6.07) is 6.92. The van der Waals surface area contributed by atoms with Crippen molar-refractivity contribution in [1.29, 1.82) is 5.26 Å². The maximum Gasteiger partial charge on any atom is 0.315 e. The minimum Gasteiger partial charge on any atom is -0.500 e. The van der Waals surface area contributed by atoms with Crippen LogP contribution in [0.25, 0.3) is 6.08 Å². The molecule has 0 bridgehead atoms. The van der Waals surface area contributed by atoms with E-state index in [0.29, 0.717) is 0 Å². The minimum absolute atomic E-state index is 0.0296. The number of benzene rings is 1. The first-order chi connectivity index (χ1) is 11.0. The molecule has 8 nitrogen and oxygen atoms in total. The molecule has 1 heterocycles. The Morgan fingerprint density at radius 3 is 2.78 bits per heavy atom. The van der Waals surface area contributed by atoms with E-state index in [2.05, 4.69) is 0 Å². The lowest BCUT2D eigenvalue weighted by molar-refractivity contribution is -0.386.